The predicted octanol–water partition coefficient (Wildman–Crippen LogP) is 6.91. The van der Waals surface area contributed by atoms with Gasteiger partial charge in [-0.1, -0.05) is 115 Å². The molecule has 0 spiro atoms. The van der Waals surface area contributed by atoms with Crippen LogP contribution in [0.5, 0.6) is 0 Å². The van der Waals surface area contributed by atoms with E-state index < -0.39 is 28.5 Å². The van der Waals surface area contributed by atoms with Crippen molar-refractivity contribution >= 4 is 50.7 Å². The summed E-state index contributed by atoms with van der Waals surface area (Å²) < 4.78 is 29.1. The number of halogens is 2. The van der Waals surface area contributed by atoms with Crippen LogP contribution in [0.4, 0.5) is 5.69 Å². The highest BCUT2D eigenvalue weighted by Crippen LogP contribution is 2.33. The van der Waals surface area contributed by atoms with E-state index in [9.17, 15) is 18.0 Å². The Kier molecular flexibility index (Phi) is 11.7. The molecule has 4 aromatic rings. The molecule has 1 atom stereocenters. The maximum absolute atomic E-state index is 14.5. The second kappa shape index (κ2) is 15.4. The zero-order valence-corrected chi connectivity index (χ0v) is 27.8. The molecule has 1 N–H and O–H groups in total. The highest BCUT2D eigenvalue weighted by molar-refractivity contribution is 7.92. The Morgan fingerprint density at radius 1 is 0.822 bits per heavy atom. The first-order valence-corrected chi connectivity index (χ1v) is 16.8. The molecule has 10 heteroatoms. The summed E-state index contributed by atoms with van der Waals surface area (Å²) in [5.41, 5.74) is 2.80. The quantitative estimate of drug-likeness (QED) is 0.168. The van der Waals surface area contributed by atoms with Gasteiger partial charge in [0.15, 0.2) is 0 Å². The van der Waals surface area contributed by atoms with E-state index in [-0.39, 0.29) is 40.4 Å². The molecule has 0 aliphatic rings. The van der Waals surface area contributed by atoms with E-state index in [1.165, 1.54) is 35.2 Å². The molecule has 0 fully saturated rings. The van der Waals surface area contributed by atoms with Gasteiger partial charge in [-0.3, -0.25) is 13.9 Å². The zero-order valence-electron chi connectivity index (χ0n) is 25.5. The molecule has 0 aliphatic heterocycles. The van der Waals surface area contributed by atoms with Crippen LogP contribution in [0.2, 0.25) is 10.0 Å². The van der Waals surface area contributed by atoms with Crippen molar-refractivity contribution in [2.75, 3.05) is 17.4 Å². The standard InChI is InChI=1S/C35H37Cl2N3O4S/c1-25(2)22-38-35(42)33(20-27-10-6-4-7-11-27)39(23-28-16-14-26(3)15-17-28)34(41)24-40(32-19-18-29(36)21-31(32)37)45(43,44)30-12-8-5-9-13-30/h4-19,21,25,33H,20,22-24H2,1-3H3,(H,38,42)/t33-/m1/s1. The average molecular weight is 667 g/mol. The van der Waals surface area contributed by atoms with Gasteiger partial charge >= 0.3 is 0 Å². The highest BCUT2D eigenvalue weighted by Gasteiger charge is 2.35. The minimum Gasteiger partial charge on any atom is -0.354 e. The number of carbonyl (C=O) groups excluding carboxylic acids is 2. The highest BCUT2D eigenvalue weighted by atomic mass is 35.5. The first-order valence-electron chi connectivity index (χ1n) is 14.6. The lowest BCUT2D eigenvalue weighted by molar-refractivity contribution is -0.140. The van der Waals surface area contributed by atoms with Gasteiger partial charge < -0.3 is 10.2 Å². The van der Waals surface area contributed by atoms with Crippen molar-refractivity contribution in [3.05, 3.63) is 130 Å². The number of aryl methyl sites for hydroxylation is 1. The summed E-state index contributed by atoms with van der Waals surface area (Å²) in [5.74, 6) is -0.706. The molecular formula is C35H37Cl2N3O4S. The maximum atomic E-state index is 14.5. The first kappa shape index (κ1) is 34.0. The van der Waals surface area contributed by atoms with Crippen molar-refractivity contribution in [2.45, 2.75) is 44.7 Å². The summed E-state index contributed by atoms with van der Waals surface area (Å²) in [5, 5.41) is 3.37. The second-order valence-electron chi connectivity index (χ2n) is 11.3. The number of amides is 2. The molecule has 4 aromatic carbocycles. The molecule has 45 heavy (non-hydrogen) atoms. The van der Waals surface area contributed by atoms with E-state index in [2.05, 4.69) is 5.32 Å². The molecule has 4 rings (SSSR count). The Morgan fingerprint density at radius 2 is 1.44 bits per heavy atom. The van der Waals surface area contributed by atoms with Crippen molar-refractivity contribution in [3.63, 3.8) is 0 Å². The molecule has 7 nitrogen and oxygen atoms in total. The molecule has 0 radical (unpaired) electrons. The number of rotatable bonds is 13. The molecule has 0 heterocycles. The van der Waals surface area contributed by atoms with Crippen molar-refractivity contribution in [2.24, 2.45) is 5.92 Å². The molecule has 0 unspecified atom stereocenters. The second-order valence-corrected chi connectivity index (χ2v) is 14.0. The van der Waals surface area contributed by atoms with Gasteiger partial charge in [0.2, 0.25) is 11.8 Å². The van der Waals surface area contributed by atoms with Gasteiger partial charge in [-0.05, 0) is 54.3 Å². The minimum absolute atomic E-state index is 0.00980. The zero-order chi connectivity index (χ0) is 32.6. The van der Waals surface area contributed by atoms with Crippen LogP contribution >= 0.6 is 23.2 Å². The maximum Gasteiger partial charge on any atom is 0.264 e. The number of sulfonamides is 1. The van der Waals surface area contributed by atoms with E-state index in [0.717, 1.165) is 21.0 Å². The minimum atomic E-state index is -4.27. The fourth-order valence-electron chi connectivity index (χ4n) is 4.78. The number of nitrogens with zero attached hydrogens (tertiary/aromatic N) is 2. The number of hydrogen-bond donors (Lipinski definition) is 1. The molecule has 0 saturated carbocycles. The Bertz CT molecular complexity index is 1700. The largest absolute Gasteiger partial charge is 0.354 e. The summed E-state index contributed by atoms with van der Waals surface area (Å²) >= 11 is 12.7. The summed E-state index contributed by atoms with van der Waals surface area (Å²) in [6, 6.07) is 28.4. The normalized spacial score (nSPS) is 12.0. The summed E-state index contributed by atoms with van der Waals surface area (Å²) in [4.78, 5) is 29.8. The van der Waals surface area contributed by atoms with E-state index in [1.807, 2.05) is 75.4 Å². The van der Waals surface area contributed by atoms with Gasteiger partial charge in [-0.25, -0.2) is 8.42 Å². The van der Waals surface area contributed by atoms with Crippen LogP contribution in [0.25, 0.3) is 0 Å². The Morgan fingerprint density at radius 3 is 2.04 bits per heavy atom. The number of nitrogens with one attached hydrogen (secondary N) is 1. The van der Waals surface area contributed by atoms with Gasteiger partial charge in [0, 0.05) is 24.5 Å². The van der Waals surface area contributed by atoms with E-state index in [0.29, 0.717) is 11.6 Å². The third-order valence-electron chi connectivity index (χ3n) is 7.22. The Hall–Kier alpha value is -3.85. The van der Waals surface area contributed by atoms with Crippen LogP contribution in [0.15, 0.2) is 108 Å². The van der Waals surface area contributed by atoms with Gasteiger partial charge in [-0.15, -0.1) is 0 Å². The van der Waals surface area contributed by atoms with Crippen molar-refractivity contribution in [1.29, 1.82) is 0 Å². The van der Waals surface area contributed by atoms with Crippen molar-refractivity contribution in [1.82, 2.24) is 10.2 Å². The monoisotopic (exact) mass is 665 g/mol. The van der Waals surface area contributed by atoms with Crippen LogP contribution < -0.4 is 9.62 Å². The molecular weight excluding hydrogens is 629 g/mol. The first-order chi connectivity index (χ1) is 21.5. The van der Waals surface area contributed by atoms with E-state index >= 15 is 0 Å². The van der Waals surface area contributed by atoms with Crippen molar-refractivity contribution in [3.8, 4) is 0 Å². The molecule has 0 aliphatic carbocycles. The number of hydrogen-bond acceptors (Lipinski definition) is 4. The number of anilines is 1. The van der Waals surface area contributed by atoms with Gasteiger partial charge in [0.05, 0.1) is 15.6 Å². The summed E-state index contributed by atoms with van der Waals surface area (Å²) in [7, 11) is -4.27. The lowest BCUT2D eigenvalue weighted by atomic mass is 10.0. The lowest BCUT2D eigenvalue weighted by Crippen LogP contribution is -2.53. The van der Waals surface area contributed by atoms with E-state index in [1.54, 1.807) is 18.2 Å². The van der Waals surface area contributed by atoms with Crippen molar-refractivity contribution < 1.29 is 18.0 Å². The third-order valence-corrected chi connectivity index (χ3v) is 9.53. The fraction of sp³-hybridized carbons (Fsp3) is 0.257. The molecule has 0 aromatic heterocycles. The van der Waals surface area contributed by atoms with Crippen LogP contribution in [0.1, 0.15) is 30.5 Å². The number of carbonyl (C=O) groups is 2. The molecule has 236 valence electrons. The molecule has 2 amide bonds. The smallest absolute Gasteiger partial charge is 0.264 e. The molecule has 0 saturated heterocycles. The third kappa shape index (κ3) is 9.10. The Labute approximate surface area is 275 Å². The topological polar surface area (TPSA) is 86.8 Å². The summed E-state index contributed by atoms with van der Waals surface area (Å²) in [6.07, 6.45) is 0.232. The lowest BCUT2D eigenvalue weighted by Gasteiger charge is -2.34. The number of benzene rings is 4. The van der Waals surface area contributed by atoms with Crippen LogP contribution in [0.3, 0.4) is 0 Å². The fourth-order valence-corrected chi connectivity index (χ4v) is 6.80. The van der Waals surface area contributed by atoms with Crippen LogP contribution in [0, 0.1) is 12.8 Å². The Balaban J connectivity index is 1.81. The predicted molar refractivity (Wildman–Crippen MR) is 181 cm³/mol. The van der Waals surface area contributed by atoms with Crippen LogP contribution in [-0.2, 0) is 32.6 Å². The summed E-state index contributed by atoms with van der Waals surface area (Å²) in [6.45, 7) is 5.85. The SMILES string of the molecule is Cc1ccc(CN(C(=O)CN(c2ccc(Cl)cc2Cl)S(=O)(=O)c2ccccc2)[C@H](Cc2ccccc2)C(=O)NCC(C)C)cc1. The molecule has 0 bridgehead atoms. The van der Waals surface area contributed by atoms with Crippen LogP contribution in [-0.4, -0.2) is 44.3 Å². The van der Waals surface area contributed by atoms with Gasteiger partial charge in [-0.2, -0.15) is 0 Å². The van der Waals surface area contributed by atoms with Gasteiger partial charge in [0.1, 0.15) is 12.6 Å². The van der Waals surface area contributed by atoms with Gasteiger partial charge in [0.25, 0.3) is 10.0 Å². The van der Waals surface area contributed by atoms with E-state index in [4.69, 9.17) is 23.2 Å². The average Bonchev–Trinajstić information content (AvgIpc) is 3.02.